The second-order valence-electron chi connectivity index (χ2n) is 3.68. The summed E-state index contributed by atoms with van der Waals surface area (Å²) in [6.07, 6.45) is 2.67. The van der Waals surface area contributed by atoms with Crippen molar-refractivity contribution < 1.29 is 10.0 Å². The summed E-state index contributed by atoms with van der Waals surface area (Å²) in [5, 5.41) is 11.7. The summed E-state index contributed by atoms with van der Waals surface area (Å²) in [6.45, 7) is 2.07. The Bertz CT molecular complexity index is 314. The number of hydrogen-bond donors (Lipinski definition) is 3. The number of amides is 1. The Labute approximate surface area is 95.6 Å². The van der Waals surface area contributed by atoms with Crippen molar-refractivity contribution in [2.75, 3.05) is 5.32 Å². The summed E-state index contributed by atoms with van der Waals surface area (Å²) >= 11 is 0. The Morgan fingerprint density at radius 1 is 1.38 bits per heavy atom. The van der Waals surface area contributed by atoms with E-state index in [1.54, 1.807) is 5.48 Å². The van der Waals surface area contributed by atoms with Gasteiger partial charge in [-0.1, -0.05) is 38.0 Å². The second-order valence-corrected chi connectivity index (χ2v) is 3.68. The largest absolute Gasteiger partial charge is 0.374 e. The number of hydrogen-bond acceptors (Lipinski definition) is 3. The first kappa shape index (κ1) is 12.5. The summed E-state index contributed by atoms with van der Waals surface area (Å²) < 4.78 is 0. The van der Waals surface area contributed by atoms with Gasteiger partial charge in [-0.2, -0.15) is 0 Å². The molecular formula is C12H18N2O2. The average molecular weight is 222 g/mol. The van der Waals surface area contributed by atoms with Crippen LogP contribution in [0.25, 0.3) is 0 Å². The van der Waals surface area contributed by atoms with Gasteiger partial charge in [0, 0.05) is 5.69 Å². The molecule has 1 rings (SSSR count). The van der Waals surface area contributed by atoms with E-state index in [-0.39, 0.29) is 6.04 Å². The standard InChI is InChI=1S/C12H18N2O2/c1-2-3-9-11(12(15)14-16)13-10-7-5-4-6-8-10/h4-8,11,13,16H,2-3,9H2,1H3,(H,14,15). The van der Waals surface area contributed by atoms with E-state index in [0.29, 0.717) is 6.42 Å². The summed E-state index contributed by atoms with van der Waals surface area (Å²) in [4.78, 5) is 11.4. The number of benzene rings is 1. The Balaban J connectivity index is 2.59. The van der Waals surface area contributed by atoms with Crippen molar-refractivity contribution in [2.45, 2.75) is 32.2 Å². The number of nitrogens with one attached hydrogen (secondary N) is 2. The van der Waals surface area contributed by atoms with Crippen LogP contribution in [0.15, 0.2) is 30.3 Å². The molecule has 0 heterocycles. The molecule has 0 saturated heterocycles. The molecule has 88 valence electrons. The smallest absolute Gasteiger partial charge is 0.265 e. The maximum absolute atomic E-state index is 11.4. The lowest BCUT2D eigenvalue weighted by Crippen LogP contribution is -2.38. The van der Waals surface area contributed by atoms with E-state index in [1.807, 2.05) is 30.3 Å². The molecule has 1 aromatic rings. The SMILES string of the molecule is CCCCC(Nc1ccccc1)C(=O)NO. The normalized spacial score (nSPS) is 11.9. The minimum atomic E-state index is -0.391. The molecule has 1 aromatic carbocycles. The fourth-order valence-corrected chi connectivity index (χ4v) is 1.49. The highest BCUT2D eigenvalue weighted by Gasteiger charge is 2.16. The van der Waals surface area contributed by atoms with E-state index >= 15 is 0 Å². The molecule has 4 heteroatoms. The lowest BCUT2D eigenvalue weighted by atomic mass is 10.1. The van der Waals surface area contributed by atoms with Gasteiger partial charge in [-0.3, -0.25) is 10.0 Å². The lowest BCUT2D eigenvalue weighted by molar-refractivity contribution is -0.130. The second kappa shape index (κ2) is 6.85. The Hall–Kier alpha value is -1.55. The molecule has 0 radical (unpaired) electrons. The van der Waals surface area contributed by atoms with Gasteiger partial charge in [0.1, 0.15) is 6.04 Å². The predicted octanol–water partition coefficient (Wildman–Crippen LogP) is 2.16. The van der Waals surface area contributed by atoms with E-state index in [0.717, 1.165) is 18.5 Å². The van der Waals surface area contributed by atoms with Crippen molar-refractivity contribution in [3.05, 3.63) is 30.3 Å². The Morgan fingerprint density at radius 3 is 2.62 bits per heavy atom. The Kier molecular flexibility index (Phi) is 5.36. The van der Waals surface area contributed by atoms with Crippen LogP contribution in [0.3, 0.4) is 0 Å². The van der Waals surface area contributed by atoms with Gasteiger partial charge in [0.15, 0.2) is 0 Å². The van der Waals surface area contributed by atoms with Crippen LogP contribution in [0.4, 0.5) is 5.69 Å². The average Bonchev–Trinajstić information content (AvgIpc) is 2.34. The number of carbonyl (C=O) groups excluding carboxylic acids is 1. The highest BCUT2D eigenvalue weighted by molar-refractivity contribution is 5.83. The van der Waals surface area contributed by atoms with Gasteiger partial charge in [-0.15, -0.1) is 0 Å². The molecule has 0 saturated carbocycles. The molecule has 1 amide bonds. The highest BCUT2D eigenvalue weighted by atomic mass is 16.5. The molecular weight excluding hydrogens is 204 g/mol. The van der Waals surface area contributed by atoms with Crippen LogP contribution in [0.1, 0.15) is 26.2 Å². The summed E-state index contributed by atoms with van der Waals surface area (Å²) in [7, 11) is 0. The third kappa shape index (κ3) is 3.90. The van der Waals surface area contributed by atoms with Crippen LogP contribution in [-0.2, 0) is 4.79 Å². The number of hydroxylamine groups is 1. The minimum Gasteiger partial charge on any atom is -0.374 e. The van der Waals surface area contributed by atoms with E-state index in [1.165, 1.54) is 0 Å². The van der Waals surface area contributed by atoms with Crippen LogP contribution in [0, 0.1) is 0 Å². The maximum atomic E-state index is 11.4. The molecule has 0 fully saturated rings. The van der Waals surface area contributed by atoms with Crippen LogP contribution < -0.4 is 10.8 Å². The molecule has 1 unspecified atom stereocenters. The van der Waals surface area contributed by atoms with E-state index < -0.39 is 5.91 Å². The monoisotopic (exact) mass is 222 g/mol. The van der Waals surface area contributed by atoms with Crippen molar-refractivity contribution in [2.24, 2.45) is 0 Å². The zero-order valence-electron chi connectivity index (χ0n) is 9.44. The van der Waals surface area contributed by atoms with Crippen LogP contribution in [-0.4, -0.2) is 17.2 Å². The summed E-state index contributed by atoms with van der Waals surface area (Å²) in [6, 6.07) is 9.12. The molecule has 0 aliphatic heterocycles. The number of carbonyl (C=O) groups is 1. The quantitative estimate of drug-likeness (QED) is 0.510. The topological polar surface area (TPSA) is 61.4 Å². The van der Waals surface area contributed by atoms with Gasteiger partial charge in [0.2, 0.25) is 0 Å². The first-order valence-corrected chi connectivity index (χ1v) is 5.53. The molecule has 1 atom stereocenters. The van der Waals surface area contributed by atoms with Crippen molar-refractivity contribution >= 4 is 11.6 Å². The highest BCUT2D eigenvalue weighted by Crippen LogP contribution is 2.11. The summed E-state index contributed by atoms with van der Waals surface area (Å²) in [5.74, 6) is -0.391. The molecule has 0 spiro atoms. The zero-order valence-corrected chi connectivity index (χ0v) is 9.44. The minimum absolute atomic E-state index is 0.382. The fourth-order valence-electron chi connectivity index (χ4n) is 1.49. The summed E-state index contributed by atoms with van der Waals surface area (Å²) in [5.41, 5.74) is 2.57. The van der Waals surface area contributed by atoms with Gasteiger partial charge in [0.25, 0.3) is 5.91 Å². The van der Waals surface area contributed by atoms with Crippen LogP contribution in [0.5, 0.6) is 0 Å². The van der Waals surface area contributed by atoms with Gasteiger partial charge in [0.05, 0.1) is 0 Å². The zero-order chi connectivity index (χ0) is 11.8. The predicted molar refractivity (Wildman–Crippen MR) is 63.3 cm³/mol. The van der Waals surface area contributed by atoms with E-state index in [9.17, 15) is 4.79 Å². The van der Waals surface area contributed by atoms with Crippen LogP contribution >= 0.6 is 0 Å². The molecule has 4 nitrogen and oxygen atoms in total. The third-order valence-corrected chi connectivity index (χ3v) is 2.39. The lowest BCUT2D eigenvalue weighted by Gasteiger charge is -2.17. The number of anilines is 1. The van der Waals surface area contributed by atoms with E-state index in [4.69, 9.17) is 5.21 Å². The molecule has 16 heavy (non-hydrogen) atoms. The third-order valence-electron chi connectivity index (χ3n) is 2.39. The number of para-hydroxylation sites is 1. The van der Waals surface area contributed by atoms with Crippen molar-refractivity contribution in [3.63, 3.8) is 0 Å². The fraction of sp³-hybridized carbons (Fsp3) is 0.417. The number of unbranched alkanes of at least 4 members (excludes halogenated alkanes) is 1. The first-order chi connectivity index (χ1) is 7.77. The van der Waals surface area contributed by atoms with Crippen molar-refractivity contribution in [1.29, 1.82) is 0 Å². The molecule has 0 aromatic heterocycles. The first-order valence-electron chi connectivity index (χ1n) is 5.53. The molecule has 0 bridgehead atoms. The van der Waals surface area contributed by atoms with Gasteiger partial charge >= 0.3 is 0 Å². The number of rotatable bonds is 6. The molecule has 0 aliphatic rings. The van der Waals surface area contributed by atoms with E-state index in [2.05, 4.69) is 12.2 Å². The Morgan fingerprint density at radius 2 is 2.06 bits per heavy atom. The van der Waals surface area contributed by atoms with Gasteiger partial charge in [-0.05, 0) is 18.6 Å². The molecule has 3 N–H and O–H groups in total. The van der Waals surface area contributed by atoms with Crippen molar-refractivity contribution in [1.82, 2.24) is 5.48 Å². The van der Waals surface area contributed by atoms with Gasteiger partial charge < -0.3 is 5.32 Å². The van der Waals surface area contributed by atoms with Crippen molar-refractivity contribution in [3.8, 4) is 0 Å². The van der Waals surface area contributed by atoms with Crippen LogP contribution in [0.2, 0.25) is 0 Å². The molecule has 0 aliphatic carbocycles. The van der Waals surface area contributed by atoms with Gasteiger partial charge in [-0.25, -0.2) is 5.48 Å². The maximum Gasteiger partial charge on any atom is 0.265 e.